The smallest absolute Gasteiger partial charge is 0.255 e. The number of aryl methyl sites for hydroxylation is 1. The highest BCUT2D eigenvalue weighted by atomic mass is 79.9. The Bertz CT molecular complexity index is 1100. The van der Waals surface area contributed by atoms with Crippen molar-refractivity contribution >= 4 is 39.1 Å². The average molecular weight is 465 g/mol. The first-order valence-corrected chi connectivity index (χ1v) is 10.4. The van der Waals surface area contributed by atoms with E-state index in [9.17, 15) is 9.59 Å². The molecule has 1 heterocycles. The molecule has 0 radical (unpaired) electrons. The van der Waals surface area contributed by atoms with E-state index in [0.29, 0.717) is 11.4 Å². The molecule has 2 amide bonds. The van der Waals surface area contributed by atoms with Crippen molar-refractivity contribution in [1.82, 2.24) is 0 Å². The monoisotopic (exact) mass is 464 g/mol. The molecular formula is C24H21BrN2O3. The Morgan fingerprint density at radius 3 is 2.30 bits per heavy atom. The van der Waals surface area contributed by atoms with Crippen molar-refractivity contribution in [2.24, 2.45) is 0 Å². The van der Waals surface area contributed by atoms with Gasteiger partial charge in [-0.3, -0.25) is 14.5 Å². The Hall–Kier alpha value is -3.12. The van der Waals surface area contributed by atoms with E-state index in [1.54, 1.807) is 24.1 Å². The SMILES string of the molecule is COc1ccc(C2(C(=O)Nc3ccccc3C)CC(=O)N2c2ccc(Br)cc2)cc1. The molecule has 3 aromatic carbocycles. The average Bonchev–Trinajstić information content (AvgIpc) is 2.75. The first kappa shape index (κ1) is 20.2. The van der Waals surface area contributed by atoms with Gasteiger partial charge >= 0.3 is 0 Å². The Balaban J connectivity index is 1.80. The van der Waals surface area contributed by atoms with Crippen molar-refractivity contribution in [1.29, 1.82) is 0 Å². The molecule has 1 unspecified atom stereocenters. The first-order valence-electron chi connectivity index (χ1n) is 9.56. The molecule has 0 saturated carbocycles. The summed E-state index contributed by atoms with van der Waals surface area (Å²) in [5.74, 6) is 0.339. The van der Waals surface area contributed by atoms with Gasteiger partial charge in [0, 0.05) is 15.8 Å². The lowest BCUT2D eigenvalue weighted by molar-refractivity contribution is -0.137. The normalized spacial score (nSPS) is 18.0. The molecular weight excluding hydrogens is 444 g/mol. The van der Waals surface area contributed by atoms with Gasteiger partial charge in [0.25, 0.3) is 5.91 Å². The molecule has 30 heavy (non-hydrogen) atoms. The summed E-state index contributed by atoms with van der Waals surface area (Å²) in [6.45, 7) is 1.94. The van der Waals surface area contributed by atoms with Gasteiger partial charge in [-0.1, -0.05) is 46.3 Å². The second-order valence-corrected chi connectivity index (χ2v) is 8.16. The summed E-state index contributed by atoms with van der Waals surface area (Å²) in [7, 11) is 1.59. The maximum atomic E-state index is 13.7. The van der Waals surface area contributed by atoms with Crippen LogP contribution in [-0.2, 0) is 15.1 Å². The zero-order chi connectivity index (χ0) is 21.3. The number of amides is 2. The minimum atomic E-state index is -1.14. The molecule has 1 aliphatic heterocycles. The zero-order valence-electron chi connectivity index (χ0n) is 16.7. The number of rotatable bonds is 5. The van der Waals surface area contributed by atoms with Crippen LogP contribution < -0.4 is 15.0 Å². The van der Waals surface area contributed by atoms with Crippen molar-refractivity contribution in [2.45, 2.75) is 18.9 Å². The molecule has 4 rings (SSSR count). The van der Waals surface area contributed by atoms with Gasteiger partial charge in [-0.15, -0.1) is 0 Å². The van der Waals surface area contributed by atoms with Crippen LogP contribution in [0, 0.1) is 6.92 Å². The lowest BCUT2D eigenvalue weighted by Crippen LogP contribution is -2.67. The number of β-lactam (4-membered cyclic amide) rings is 1. The number of para-hydroxylation sites is 1. The van der Waals surface area contributed by atoms with E-state index in [-0.39, 0.29) is 18.2 Å². The third kappa shape index (κ3) is 3.37. The molecule has 1 N–H and O–H groups in total. The molecule has 1 saturated heterocycles. The Kier molecular flexibility index (Phi) is 5.35. The van der Waals surface area contributed by atoms with Gasteiger partial charge in [-0.25, -0.2) is 0 Å². The van der Waals surface area contributed by atoms with Gasteiger partial charge in [0.1, 0.15) is 5.75 Å². The Morgan fingerprint density at radius 1 is 1.03 bits per heavy atom. The highest BCUT2D eigenvalue weighted by Gasteiger charge is 2.58. The van der Waals surface area contributed by atoms with Crippen molar-refractivity contribution in [3.63, 3.8) is 0 Å². The number of carbonyl (C=O) groups excluding carboxylic acids is 2. The van der Waals surface area contributed by atoms with Gasteiger partial charge in [-0.2, -0.15) is 0 Å². The lowest BCUT2D eigenvalue weighted by atomic mass is 9.76. The number of nitrogens with one attached hydrogen (secondary N) is 1. The molecule has 1 aliphatic rings. The number of nitrogens with zero attached hydrogens (tertiary/aromatic N) is 1. The third-order valence-corrected chi connectivity index (χ3v) is 5.99. The fraction of sp³-hybridized carbons (Fsp3) is 0.167. The predicted octanol–water partition coefficient (Wildman–Crippen LogP) is 5.04. The fourth-order valence-corrected chi connectivity index (χ4v) is 4.07. The summed E-state index contributed by atoms with van der Waals surface area (Å²) in [5.41, 5.74) is 1.95. The molecule has 152 valence electrons. The molecule has 5 nitrogen and oxygen atoms in total. The maximum Gasteiger partial charge on any atom is 0.255 e. The Morgan fingerprint density at radius 2 is 1.70 bits per heavy atom. The third-order valence-electron chi connectivity index (χ3n) is 5.46. The van der Waals surface area contributed by atoms with E-state index in [1.165, 1.54) is 0 Å². The van der Waals surface area contributed by atoms with Crippen LogP contribution in [0.15, 0.2) is 77.3 Å². The number of methoxy groups -OCH3 is 1. The van der Waals surface area contributed by atoms with E-state index < -0.39 is 5.54 Å². The van der Waals surface area contributed by atoms with Gasteiger partial charge in [0.05, 0.1) is 13.5 Å². The van der Waals surface area contributed by atoms with Crippen LogP contribution in [0.25, 0.3) is 0 Å². The van der Waals surface area contributed by atoms with Crippen LogP contribution in [0.5, 0.6) is 5.75 Å². The number of anilines is 2. The number of ether oxygens (including phenoxy) is 1. The topological polar surface area (TPSA) is 58.6 Å². The van der Waals surface area contributed by atoms with Crippen LogP contribution in [0.1, 0.15) is 17.5 Å². The summed E-state index contributed by atoms with van der Waals surface area (Å²) in [6.07, 6.45) is 0.0904. The zero-order valence-corrected chi connectivity index (χ0v) is 18.3. The molecule has 1 atom stereocenters. The predicted molar refractivity (Wildman–Crippen MR) is 121 cm³/mol. The summed E-state index contributed by atoms with van der Waals surface area (Å²) in [4.78, 5) is 28.0. The molecule has 0 spiro atoms. The highest BCUT2D eigenvalue weighted by molar-refractivity contribution is 9.10. The van der Waals surface area contributed by atoms with Gasteiger partial charge in [-0.05, 0) is 60.5 Å². The first-order chi connectivity index (χ1) is 14.5. The van der Waals surface area contributed by atoms with Crippen molar-refractivity contribution in [2.75, 3.05) is 17.3 Å². The highest BCUT2D eigenvalue weighted by Crippen LogP contribution is 2.46. The van der Waals surface area contributed by atoms with E-state index in [2.05, 4.69) is 21.2 Å². The van der Waals surface area contributed by atoms with E-state index in [4.69, 9.17) is 4.74 Å². The van der Waals surface area contributed by atoms with Crippen LogP contribution >= 0.6 is 15.9 Å². The minimum Gasteiger partial charge on any atom is -0.497 e. The summed E-state index contributed by atoms with van der Waals surface area (Å²) in [6, 6.07) is 22.3. The molecule has 1 fully saturated rings. The van der Waals surface area contributed by atoms with Gasteiger partial charge < -0.3 is 10.1 Å². The number of benzene rings is 3. The molecule has 0 aromatic heterocycles. The van der Waals surface area contributed by atoms with Crippen LogP contribution in [-0.4, -0.2) is 18.9 Å². The number of carbonyl (C=O) groups is 2. The van der Waals surface area contributed by atoms with Crippen molar-refractivity contribution in [3.8, 4) is 5.75 Å². The van der Waals surface area contributed by atoms with Crippen LogP contribution in [0.4, 0.5) is 11.4 Å². The Labute approximate surface area is 183 Å². The van der Waals surface area contributed by atoms with E-state index >= 15 is 0 Å². The lowest BCUT2D eigenvalue weighted by Gasteiger charge is -2.50. The minimum absolute atomic E-state index is 0.0904. The quantitative estimate of drug-likeness (QED) is 0.538. The molecule has 0 aliphatic carbocycles. The molecule has 0 bridgehead atoms. The molecule has 6 heteroatoms. The van der Waals surface area contributed by atoms with Gasteiger partial charge in [0.15, 0.2) is 5.54 Å². The van der Waals surface area contributed by atoms with E-state index in [0.717, 1.165) is 21.3 Å². The van der Waals surface area contributed by atoms with Crippen molar-refractivity contribution < 1.29 is 14.3 Å². The largest absolute Gasteiger partial charge is 0.497 e. The summed E-state index contributed by atoms with van der Waals surface area (Å²) in [5, 5.41) is 3.04. The van der Waals surface area contributed by atoms with Crippen molar-refractivity contribution in [3.05, 3.63) is 88.4 Å². The number of halogens is 1. The van der Waals surface area contributed by atoms with E-state index in [1.807, 2.05) is 67.6 Å². The second-order valence-electron chi connectivity index (χ2n) is 7.24. The standard InChI is InChI=1S/C24H21BrN2O3/c1-16-5-3-4-6-21(16)26-23(29)24(17-7-13-20(30-2)14-8-17)15-22(28)27(24)19-11-9-18(25)10-12-19/h3-14H,15H2,1-2H3,(H,26,29). The maximum absolute atomic E-state index is 13.7. The van der Waals surface area contributed by atoms with Crippen LogP contribution in [0.2, 0.25) is 0 Å². The van der Waals surface area contributed by atoms with Crippen LogP contribution in [0.3, 0.4) is 0 Å². The molecule has 3 aromatic rings. The second kappa shape index (κ2) is 7.95. The number of hydrogen-bond donors (Lipinski definition) is 1. The van der Waals surface area contributed by atoms with Gasteiger partial charge in [0.2, 0.25) is 5.91 Å². The number of hydrogen-bond acceptors (Lipinski definition) is 3. The fourth-order valence-electron chi connectivity index (χ4n) is 3.80. The summed E-state index contributed by atoms with van der Waals surface area (Å²) < 4.78 is 6.17. The summed E-state index contributed by atoms with van der Waals surface area (Å²) >= 11 is 3.42.